The van der Waals surface area contributed by atoms with E-state index in [-0.39, 0.29) is 12.0 Å². The van der Waals surface area contributed by atoms with E-state index in [0.717, 1.165) is 25.7 Å². The first-order chi connectivity index (χ1) is 8.74. The summed E-state index contributed by atoms with van der Waals surface area (Å²) < 4.78 is 0. The summed E-state index contributed by atoms with van der Waals surface area (Å²) in [6, 6.07) is 10.3. The van der Waals surface area contributed by atoms with Crippen LogP contribution in [0.15, 0.2) is 30.3 Å². The zero-order chi connectivity index (χ0) is 13.2. The Hall–Kier alpha value is -1.26. The lowest BCUT2D eigenvalue weighted by atomic mass is 9.98. The van der Waals surface area contributed by atoms with E-state index in [1.54, 1.807) is 0 Å². The van der Waals surface area contributed by atoms with Gasteiger partial charge >= 0.3 is 0 Å². The van der Waals surface area contributed by atoms with Crippen molar-refractivity contribution in [3.8, 4) is 11.8 Å². The largest absolute Gasteiger partial charge is 0.392 e. The summed E-state index contributed by atoms with van der Waals surface area (Å²) in [6.45, 7) is 4.18. The van der Waals surface area contributed by atoms with Gasteiger partial charge in [0.2, 0.25) is 0 Å². The normalized spacial score (nSPS) is 13.5. The van der Waals surface area contributed by atoms with Crippen LogP contribution in [0.5, 0.6) is 0 Å². The maximum atomic E-state index is 10.0. The summed E-state index contributed by atoms with van der Waals surface area (Å²) in [5, 5.41) is 10.0. The minimum absolute atomic E-state index is 0.0746. The number of unbranched alkanes of at least 4 members (excludes halogenated alkanes) is 2. The molecule has 0 bridgehead atoms. The highest BCUT2D eigenvalue weighted by Crippen LogP contribution is 2.11. The van der Waals surface area contributed by atoms with Crippen LogP contribution in [0.2, 0.25) is 0 Å². The SMILES string of the molecule is CCCCC#C[C@H](C)[C@@H](O)CCc1ccccc1. The highest BCUT2D eigenvalue weighted by molar-refractivity contribution is 5.15. The summed E-state index contributed by atoms with van der Waals surface area (Å²) in [5.41, 5.74) is 1.28. The van der Waals surface area contributed by atoms with E-state index in [9.17, 15) is 5.11 Å². The van der Waals surface area contributed by atoms with Crippen LogP contribution in [0, 0.1) is 17.8 Å². The third-order valence-corrected chi connectivity index (χ3v) is 3.13. The molecule has 0 amide bonds. The van der Waals surface area contributed by atoms with Gasteiger partial charge < -0.3 is 5.11 Å². The number of hydrogen-bond acceptors (Lipinski definition) is 1. The van der Waals surface area contributed by atoms with Gasteiger partial charge in [-0.3, -0.25) is 0 Å². The van der Waals surface area contributed by atoms with E-state index < -0.39 is 0 Å². The molecule has 1 aromatic carbocycles. The highest BCUT2D eigenvalue weighted by Gasteiger charge is 2.11. The molecule has 1 heteroatoms. The van der Waals surface area contributed by atoms with Crippen molar-refractivity contribution in [2.24, 2.45) is 5.92 Å². The van der Waals surface area contributed by atoms with E-state index in [1.165, 1.54) is 12.0 Å². The third kappa shape index (κ3) is 5.89. The molecule has 0 saturated carbocycles. The fourth-order valence-corrected chi connectivity index (χ4v) is 1.80. The minimum atomic E-state index is -0.320. The molecular formula is C17H24O. The predicted octanol–water partition coefficient (Wildman–Crippen LogP) is 3.81. The van der Waals surface area contributed by atoms with Crippen LogP contribution in [-0.2, 0) is 6.42 Å². The van der Waals surface area contributed by atoms with Crippen LogP contribution in [0.4, 0.5) is 0 Å². The fourth-order valence-electron chi connectivity index (χ4n) is 1.80. The summed E-state index contributed by atoms with van der Waals surface area (Å²) >= 11 is 0. The Morgan fingerprint density at radius 3 is 2.61 bits per heavy atom. The Labute approximate surface area is 111 Å². The average molecular weight is 244 g/mol. The van der Waals surface area contributed by atoms with Crippen LogP contribution in [0.1, 0.15) is 45.1 Å². The molecule has 98 valence electrons. The molecule has 1 N–H and O–H groups in total. The molecule has 1 rings (SSSR count). The first-order valence-electron chi connectivity index (χ1n) is 6.94. The number of benzene rings is 1. The molecule has 0 aliphatic rings. The van der Waals surface area contributed by atoms with Gasteiger partial charge in [-0.1, -0.05) is 49.6 Å². The molecule has 0 saturated heterocycles. The minimum Gasteiger partial charge on any atom is -0.392 e. The quantitative estimate of drug-likeness (QED) is 0.596. The van der Waals surface area contributed by atoms with Crippen molar-refractivity contribution in [2.75, 3.05) is 0 Å². The zero-order valence-electron chi connectivity index (χ0n) is 11.5. The average Bonchev–Trinajstić information content (AvgIpc) is 2.42. The standard InChI is InChI=1S/C17H24O/c1-3-4-5-7-10-15(2)17(18)14-13-16-11-8-6-9-12-16/h6,8-9,11-12,15,17-18H,3-5,13-14H2,1-2H3/t15-,17-/m0/s1. The molecule has 0 heterocycles. The van der Waals surface area contributed by atoms with Crippen LogP contribution >= 0.6 is 0 Å². The second-order valence-electron chi connectivity index (χ2n) is 4.80. The molecule has 0 unspecified atom stereocenters. The second kappa shape index (κ2) is 8.78. The van der Waals surface area contributed by atoms with Gasteiger partial charge in [0.1, 0.15) is 0 Å². The lowest BCUT2D eigenvalue weighted by Crippen LogP contribution is -2.16. The van der Waals surface area contributed by atoms with Gasteiger partial charge in [-0.15, -0.1) is 5.92 Å². The summed E-state index contributed by atoms with van der Waals surface area (Å²) in [6.07, 6.45) is 4.67. The van der Waals surface area contributed by atoms with E-state index in [0.29, 0.717) is 0 Å². The number of rotatable bonds is 6. The molecule has 0 spiro atoms. The van der Waals surface area contributed by atoms with Crippen LogP contribution in [0.25, 0.3) is 0 Å². The van der Waals surface area contributed by atoms with Crippen molar-refractivity contribution >= 4 is 0 Å². The van der Waals surface area contributed by atoms with Crippen LogP contribution in [0.3, 0.4) is 0 Å². The topological polar surface area (TPSA) is 20.2 Å². The van der Waals surface area contributed by atoms with E-state index in [2.05, 4.69) is 30.9 Å². The predicted molar refractivity (Wildman–Crippen MR) is 77.2 cm³/mol. The molecule has 0 fully saturated rings. The summed E-state index contributed by atoms with van der Waals surface area (Å²) in [5.74, 6) is 6.38. The Morgan fingerprint density at radius 1 is 1.22 bits per heavy atom. The lowest BCUT2D eigenvalue weighted by Gasteiger charge is -2.13. The van der Waals surface area contributed by atoms with Gasteiger partial charge in [0.15, 0.2) is 0 Å². The van der Waals surface area contributed by atoms with Gasteiger partial charge in [-0.25, -0.2) is 0 Å². The molecule has 1 nitrogen and oxygen atoms in total. The third-order valence-electron chi connectivity index (χ3n) is 3.13. The number of aliphatic hydroxyl groups is 1. The molecule has 0 aliphatic heterocycles. The van der Waals surface area contributed by atoms with Gasteiger partial charge in [0.05, 0.1) is 6.10 Å². The Balaban J connectivity index is 2.30. The maximum Gasteiger partial charge on any atom is 0.0678 e. The maximum absolute atomic E-state index is 10.0. The number of hydrogen-bond donors (Lipinski definition) is 1. The van der Waals surface area contributed by atoms with Crippen molar-refractivity contribution in [3.05, 3.63) is 35.9 Å². The first-order valence-corrected chi connectivity index (χ1v) is 6.94. The van der Waals surface area contributed by atoms with E-state index >= 15 is 0 Å². The van der Waals surface area contributed by atoms with Crippen molar-refractivity contribution < 1.29 is 5.11 Å². The monoisotopic (exact) mass is 244 g/mol. The van der Waals surface area contributed by atoms with Gasteiger partial charge in [0, 0.05) is 12.3 Å². The van der Waals surface area contributed by atoms with Crippen molar-refractivity contribution in [2.45, 2.75) is 52.1 Å². The molecule has 1 aromatic rings. The van der Waals surface area contributed by atoms with Crippen molar-refractivity contribution in [3.63, 3.8) is 0 Å². The summed E-state index contributed by atoms with van der Waals surface area (Å²) in [4.78, 5) is 0. The zero-order valence-corrected chi connectivity index (χ0v) is 11.5. The summed E-state index contributed by atoms with van der Waals surface area (Å²) in [7, 11) is 0. The molecule has 2 atom stereocenters. The molecular weight excluding hydrogens is 220 g/mol. The molecule has 0 radical (unpaired) electrons. The van der Waals surface area contributed by atoms with E-state index in [1.807, 2.05) is 25.1 Å². The van der Waals surface area contributed by atoms with Crippen LogP contribution < -0.4 is 0 Å². The molecule has 0 aromatic heterocycles. The van der Waals surface area contributed by atoms with E-state index in [4.69, 9.17) is 0 Å². The molecule has 0 aliphatic carbocycles. The van der Waals surface area contributed by atoms with Gasteiger partial charge in [-0.2, -0.15) is 0 Å². The van der Waals surface area contributed by atoms with Crippen LogP contribution in [-0.4, -0.2) is 11.2 Å². The fraction of sp³-hybridized carbons (Fsp3) is 0.529. The number of aryl methyl sites for hydroxylation is 1. The van der Waals surface area contributed by atoms with Crippen molar-refractivity contribution in [1.29, 1.82) is 0 Å². The smallest absolute Gasteiger partial charge is 0.0678 e. The first kappa shape index (κ1) is 14.8. The highest BCUT2D eigenvalue weighted by atomic mass is 16.3. The number of aliphatic hydroxyl groups excluding tert-OH is 1. The van der Waals surface area contributed by atoms with Gasteiger partial charge in [0.25, 0.3) is 0 Å². The Kier molecular flexibility index (Phi) is 7.22. The second-order valence-corrected chi connectivity index (χ2v) is 4.80. The van der Waals surface area contributed by atoms with Gasteiger partial charge in [-0.05, 0) is 31.7 Å². The molecule has 18 heavy (non-hydrogen) atoms. The Bertz CT molecular complexity index is 372. The Morgan fingerprint density at radius 2 is 1.94 bits per heavy atom. The van der Waals surface area contributed by atoms with Crippen molar-refractivity contribution in [1.82, 2.24) is 0 Å². The lowest BCUT2D eigenvalue weighted by molar-refractivity contribution is 0.132.